The van der Waals surface area contributed by atoms with Gasteiger partial charge in [-0.15, -0.1) is 0 Å². The number of hydrogen-bond acceptors (Lipinski definition) is 2. The Labute approximate surface area is 155 Å². The summed E-state index contributed by atoms with van der Waals surface area (Å²) in [6.07, 6.45) is 0.827. The van der Waals surface area contributed by atoms with Gasteiger partial charge in [-0.3, -0.25) is 4.79 Å². The summed E-state index contributed by atoms with van der Waals surface area (Å²) in [4.78, 5) is 12.3. The van der Waals surface area contributed by atoms with Crippen molar-refractivity contribution in [1.29, 1.82) is 0 Å². The van der Waals surface area contributed by atoms with Crippen LogP contribution in [-0.2, 0) is 4.79 Å². The molecule has 2 rings (SSSR count). The quantitative estimate of drug-likeness (QED) is 0.767. The van der Waals surface area contributed by atoms with Gasteiger partial charge in [0, 0.05) is 5.02 Å². The molecule has 0 radical (unpaired) electrons. The zero-order valence-electron chi connectivity index (χ0n) is 15.6. The molecule has 0 unspecified atom stereocenters. The van der Waals surface area contributed by atoms with Gasteiger partial charge in [0.05, 0.1) is 6.04 Å². The fraction of sp³-hybridized carbons (Fsp3) is 0.381. The van der Waals surface area contributed by atoms with Crippen LogP contribution in [0.2, 0.25) is 5.02 Å². The van der Waals surface area contributed by atoms with Gasteiger partial charge in [-0.1, -0.05) is 36.7 Å². The normalized spacial score (nSPS) is 11.9. The number of rotatable bonds is 6. The Bertz CT molecular complexity index is 747. The maximum atomic E-state index is 12.3. The van der Waals surface area contributed by atoms with E-state index in [9.17, 15) is 4.79 Å². The van der Waals surface area contributed by atoms with Crippen LogP contribution in [0.1, 0.15) is 47.2 Å². The number of halogens is 1. The number of nitrogens with one attached hydrogen (secondary N) is 1. The number of amides is 1. The molecule has 0 aromatic heterocycles. The first-order valence-corrected chi connectivity index (χ1v) is 8.95. The van der Waals surface area contributed by atoms with Crippen molar-refractivity contribution in [2.45, 2.75) is 47.1 Å². The second kappa shape index (κ2) is 8.39. The fourth-order valence-corrected chi connectivity index (χ4v) is 2.89. The van der Waals surface area contributed by atoms with Crippen LogP contribution in [0, 0.1) is 27.7 Å². The number of hydrogen-bond donors (Lipinski definition) is 1. The van der Waals surface area contributed by atoms with Crippen LogP contribution in [0.4, 0.5) is 0 Å². The smallest absolute Gasteiger partial charge is 0.258 e. The SMILES string of the molecule is CC[C@H](NC(=O)COc1cc(C)c(Cl)c(C)c1)c1ccc(C)c(C)c1. The Kier molecular flexibility index (Phi) is 6.49. The van der Waals surface area contributed by atoms with Gasteiger partial charge in [-0.2, -0.15) is 0 Å². The predicted octanol–water partition coefficient (Wildman–Crippen LogP) is 5.22. The lowest BCUT2D eigenvalue weighted by Gasteiger charge is -2.19. The average molecular weight is 360 g/mol. The Morgan fingerprint density at radius 2 is 1.68 bits per heavy atom. The average Bonchev–Trinajstić information content (AvgIpc) is 2.58. The van der Waals surface area contributed by atoms with Crippen LogP contribution >= 0.6 is 11.6 Å². The minimum absolute atomic E-state index is 0.0101. The molecule has 0 saturated carbocycles. The van der Waals surface area contributed by atoms with Gasteiger partial charge in [0.1, 0.15) is 5.75 Å². The summed E-state index contributed by atoms with van der Waals surface area (Å²) < 4.78 is 5.64. The lowest BCUT2D eigenvalue weighted by atomic mass is 9.99. The number of carbonyl (C=O) groups is 1. The third-order valence-electron chi connectivity index (χ3n) is 4.46. The van der Waals surface area contributed by atoms with Gasteiger partial charge in [0.2, 0.25) is 0 Å². The lowest BCUT2D eigenvalue weighted by Crippen LogP contribution is -2.32. The number of carbonyl (C=O) groups excluding carboxylic acids is 1. The molecule has 4 heteroatoms. The van der Waals surface area contributed by atoms with Crippen LogP contribution in [0.25, 0.3) is 0 Å². The summed E-state index contributed by atoms with van der Waals surface area (Å²) in [5, 5.41) is 3.78. The molecule has 3 nitrogen and oxygen atoms in total. The Morgan fingerprint density at radius 1 is 1.04 bits per heavy atom. The zero-order chi connectivity index (χ0) is 18.6. The minimum atomic E-state index is -0.129. The van der Waals surface area contributed by atoms with E-state index < -0.39 is 0 Å². The maximum absolute atomic E-state index is 12.3. The predicted molar refractivity (Wildman–Crippen MR) is 104 cm³/mol. The van der Waals surface area contributed by atoms with E-state index >= 15 is 0 Å². The van der Waals surface area contributed by atoms with Crippen molar-refractivity contribution in [2.75, 3.05) is 6.61 Å². The molecule has 0 aliphatic carbocycles. The first-order chi connectivity index (χ1) is 11.8. The first-order valence-electron chi connectivity index (χ1n) is 8.57. The summed E-state index contributed by atoms with van der Waals surface area (Å²) >= 11 is 6.16. The van der Waals surface area contributed by atoms with Gasteiger partial charge >= 0.3 is 0 Å². The van der Waals surface area contributed by atoms with E-state index in [4.69, 9.17) is 16.3 Å². The molecule has 1 N–H and O–H groups in total. The van der Waals surface area contributed by atoms with Gasteiger partial charge in [0.25, 0.3) is 5.91 Å². The number of benzene rings is 2. The van der Waals surface area contributed by atoms with Crippen molar-refractivity contribution in [3.05, 3.63) is 63.2 Å². The van der Waals surface area contributed by atoms with Crippen molar-refractivity contribution in [3.63, 3.8) is 0 Å². The monoisotopic (exact) mass is 359 g/mol. The molecule has 1 atom stereocenters. The van der Waals surface area contributed by atoms with E-state index in [1.807, 2.05) is 26.0 Å². The lowest BCUT2D eigenvalue weighted by molar-refractivity contribution is -0.123. The van der Waals surface area contributed by atoms with Crippen LogP contribution in [0.3, 0.4) is 0 Å². The molecule has 1 amide bonds. The Balaban J connectivity index is 1.99. The van der Waals surface area contributed by atoms with Crippen LogP contribution in [0.15, 0.2) is 30.3 Å². The van der Waals surface area contributed by atoms with E-state index in [1.54, 1.807) is 0 Å². The molecule has 0 aliphatic heterocycles. The summed E-state index contributed by atoms with van der Waals surface area (Å²) in [7, 11) is 0. The van der Waals surface area contributed by atoms with E-state index in [2.05, 4.69) is 44.3 Å². The highest BCUT2D eigenvalue weighted by Gasteiger charge is 2.14. The molecule has 134 valence electrons. The highest BCUT2D eigenvalue weighted by Crippen LogP contribution is 2.26. The van der Waals surface area contributed by atoms with Gasteiger partial charge in [-0.05, 0) is 74.1 Å². The molecule has 0 aliphatic rings. The highest BCUT2D eigenvalue weighted by molar-refractivity contribution is 6.32. The third-order valence-corrected chi connectivity index (χ3v) is 5.05. The Hall–Kier alpha value is -2.00. The van der Waals surface area contributed by atoms with E-state index in [-0.39, 0.29) is 18.6 Å². The molecule has 2 aromatic rings. The topological polar surface area (TPSA) is 38.3 Å². The zero-order valence-corrected chi connectivity index (χ0v) is 16.3. The van der Waals surface area contributed by atoms with Crippen molar-refractivity contribution in [2.24, 2.45) is 0 Å². The first kappa shape index (κ1) is 19.3. The van der Waals surface area contributed by atoms with E-state index in [1.165, 1.54) is 11.1 Å². The molecule has 25 heavy (non-hydrogen) atoms. The molecule has 0 heterocycles. The molecular weight excluding hydrogens is 334 g/mol. The van der Waals surface area contributed by atoms with E-state index in [0.717, 1.165) is 28.1 Å². The molecule has 0 saturated heterocycles. The maximum Gasteiger partial charge on any atom is 0.258 e. The molecule has 0 spiro atoms. The second-order valence-electron chi connectivity index (χ2n) is 6.53. The number of ether oxygens (including phenoxy) is 1. The summed E-state index contributed by atoms with van der Waals surface area (Å²) in [6.45, 7) is 10.1. The molecular formula is C21H26ClNO2. The summed E-state index contributed by atoms with van der Waals surface area (Å²) in [5.74, 6) is 0.532. The standard InChI is InChI=1S/C21H26ClNO2/c1-6-19(17-8-7-13(2)14(3)9-17)23-20(24)12-25-18-10-15(4)21(22)16(5)11-18/h7-11,19H,6,12H2,1-5H3,(H,23,24)/t19-/m0/s1. The van der Waals surface area contributed by atoms with Crippen molar-refractivity contribution >= 4 is 17.5 Å². The molecule has 0 bridgehead atoms. The largest absolute Gasteiger partial charge is 0.484 e. The third kappa shape index (κ3) is 4.99. The van der Waals surface area contributed by atoms with E-state index in [0.29, 0.717) is 5.75 Å². The minimum Gasteiger partial charge on any atom is -0.484 e. The van der Waals surface area contributed by atoms with Crippen molar-refractivity contribution in [3.8, 4) is 5.75 Å². The van der Waals surface area contributed by atoms with Gasteiger partial charge < -0.3 is 10.1 Å². The fourth-order valence-electron chi connectivity index (χ4n) is 2.78. The second-order valence-corrected chi connectivity index (χ2v) is 6.91. The summed E-state index contributed by atoms with van der Waals surface area (Å²) in [6, 6.07) is 9.99. The van der Waals surface area contributed by atoms with Crippen LogP contribution < -0.4 is 10.1 Å². The number of aryl methyl sites for hydroxylation is 4. The van der Waals surface area contributed by atoms with Gasteiger partial charge in [-0.25, -0.2) is 0 Å². The van der Waals surface area contributed by atoms with Crippen molar-refractivity contribution < 1.29 is 9.53 Å². The van der Waals surface area contributed by atoms with Crippen molar-refractivity contribution in [1.82, 2.24) is 5.32 Å². The Morgan fingerprint density at radius 3 is 2.24 bits per heavy atom. The van der Waals surface area contributed by atoms with Gasteiger partial charge in [0.15, 0.2) is 6.61 Å². The molecule has 0 fully saturated rings. The van der Waals surface area contributed by atoms with Crippen LogP contribution in [0.5, 0.6) is 5.75 Å². The summed E-state index contributed by atoms with van der Waals surface area (Å²) in [5.41, 5.74) is 5.49. The van der Waals surface area contributed by atoms with Crippen LogP contribution in [-0.4, -0.2) is 12.5 Å². The molecule has 2 aromatic carbocycles. The highest BCUT2D eigenvalue weighted by atomic mass is 35.5.